The van der Waals surface area contributed by atoms with Crippen molar-refractivity contribution in [2.75, 3.05) is 12.4 Å². The Morgan fingerprint density at radius 2 is 1.16 bits per heavy atom. The van der Waals surface area contributed by atoms with E-state index in [4.69, 9.17) is 9.47 Å². The third-order valence-electron chi connectivity index (χ3n) is 12.9. The molecule has 0 fully saturated rings. The number of benzene rings is 5. The lowest BCUT2D eigenvalue weighted by Gasteiger charge is -2.35. The Labute approximate surface area is 434 Å². The zero-order chi connectivity index (χ0) is 52.5. The van der Waals surface area contributed by atoms with E-state index < -0.39 is 64.7 Å². The molecule has 0 radical (unpaired) electrons. The van der Waals surface area contributed by atoms with E-state index in [9.17, 15) is 28.8 Å². The number of Topliss-reactive ketones (excluding diaryl/α,β-unsaturated/α-hetero) is 1. The Kier molecular flexibility index (Phi) is 20.0. The fraction of sp³-hybridized carbons (Fsp3) is 0.333. The maximum atomic E-state index is 13.8. The van der Waals surface area contributed by atoms with Crippen LogP contribution in [-0.2, 0) is 38.2 Å². The molecule has 382 valence electrons. The number of hydrogen-bond donors (Lipinski definition) is 4. The van der Waals surface area contributed by atoms with Crippen LogP contribution >= 0.6 is 11.8 Å². The molecule has 13 heteroatoms. The number of allylic oxidation sites excluding steroid dienone is 2. The second-order valence-electron chi connectivity index (χ2n) is 18.8. The molecule has 73 heavy (non-hydrogen) atoms. The van der Waals surface area contributed by atoms with Gasteiger partial charge in [0.15, 0.2) is 0 Å². The monoisotopic (exact) mass is 1000 g/mol. The van der Waals surface area contributed by atoms with Crippen molar-refractivity contribution in [2.24, 2.45) is 11.8 Å². The van der Waals surface area contributed by atoms with Gasteiger partial charge < -0.3 is 30.7 Å². The van der Waals surface area contributed by atoms with Crippen LogP contribution in [0.25, 0.3) is 11.1 Å². The molecule has 4 N–H and O–H groups in total. The number of ether oxygens (including phenoxy) is 2. The SMILES string of the molecule is C/C=C(\NC(=O)[C@@H](CC)NC(=O)[C@@H](NC(=O)OCC1c2ccccc2-c2ccccc21)C(C)C)C(=O)N[C@H](C(=O)O[C@@H](/C=C/CCSC(c1ccccc1)(c1ccccc1)c1ccccc1)CC(C)=O)C(C)C. The summed E-state index contributed by atoms with van der Waals surface area (Å²) in [6, 6.07) is 43.9. The summed E-state index contributed by atoms with van der Waals surface area (Å²) in [5.41, 5.74) is 7.56. The largest absolute Gasteiger partial charge is 0.456 e. The number of nitrogens with one attached hydrogen (secondary N) is 4. The summed E-state index contributed by atoms with van der Waals surface area (Å²) >= 11 is 1.80. The average Bonchev–Trinajstić information content (AvgIpc) is 3.71. The van der Waals surface area contributed by atoms with Gasteiger partial charge in [-0.25, -0.2) is 9.59 Å². The van der Waals surface area contributed by atoms with Crippen LogP contribution in [0.1, 0.15) is 101 Å². The van der Waals surface area contributed by atoms with Crippen LogP contribution in [-0.4, -0.2) is 72.2 Å². The first-order chi connectivity index (χ1) is 35.2. The van der Waals surface area contributed by atoms with E-state index in [2.05, 4.69) is 57.7 Å². The summed E-state index contributed by atoms with van der Waals surface area (Å²) < 4.78 is 11.1. The summed E-state index contributed by atoms with van der Waals surface area (Å²) in [7, 11) is 0. The van der Waals surface area contributed by atoms with Crippen molar-refractivity contribution in [3.05, 3.63) is 191 Å². The third kappa shape index (κ3) is 14.0. The number of amides is 4. The smallest absolute Gasteiger partial charge is 0.407 e. The van der Waals surface area contributed by atoms with E-state index in [1.807, 2.05) is 109 Å². The fourth-order valence-corrected chi connectivity index (χ4v) is 10.5. The molecule has 0 saturated carbocycles. The van der Waals surface area contributed by atoms with E-state index in [0.29, 0.717) is 12.2 Å². The highest BCUT2D eigenvalue weighted by molar-refractivity contribution is 8.00. The molecule has 12 nitrogen and oxygen atoms in total. The summed E-state index contributed by atoms with van der Waals surface area (Å²) in [4.78, 5) is 80.6. The van der Waals surface area contributed by atoms with Crippen molar-refractivity contribution >= 4 is 47.3 Å². The summed E-state index contributed by atoms with van der Waals surface area (Å²) in [6.07, 6.45) is 4.07. The summed E-state index contributed by atoms with van der Waals surface area (Å²) in [5, 5.41) is 10.7. The van der Waals surface area contributed by atoms with Crippen LogP contribution in [0.5, 0.6) is 0 Å². The van der Waals surface area contributed by atoms with Gasteiger partial charge in [0.25, 0.3) is 5.91 Å². The molecular formula is C60H68N4O8S. The number of ketones is 1. The molecule has 4 amide bonds. The van der Waals surface area contributed by atoms with Crippen molar-refractivity contribution < 1.29 is 38.2 Å². The molecule has 5 aromatic rings. The van der Waals surface area contributed by atoms with E-state index >= 15 is 0 Å². The molecule has 0 aromatic heterocycles. The highest BCUT2D eigenvalue weighted by Crippen LogP contribution is 2.49. The molecule has 0 saturated heterocycles. The van der Waals surface area contributed by atoms with E-state index in [-0.39, 0.29) is 42.8 Å². The Bertz CT molecular complexity index is 2600. The first-order valence-electron chi connectivity index (χ1n) is 25.0. The first kappa shape index (κ1) is 55.1. The zero-order valence-corrected chi connectivity index (χ0v) is 43.6. The number of alkyl carbamates (subject to hydrolysis) is 1. The lowest BCUT2D eigenvalue weighted by atomic mass is 9.84. The molecular weight excluding hydrogens is 937 g/mol. The summed E-state index contributed by atoms with van der Waals surface area (Å²) in [5.74, 6) is -3.24. The summed E-state index contributed by atoms with van der Waals surface area (Å²) in [6.45, 7) is 11.8. The second-order valence-corrected chi connectivity index (χ2v) is 20.1. The van der Waals surface area contributed by atoms with Crippen molar-refractivity contribution in [3.8, 4) is 11.1 Å². The fourth-order valence-electron chi connectivity index (χ4n) is 9.06. The molecule has 0 spiro atoms. The lowest BCUT2D eigenvalue weighted by Crippen LogP contribution is -2.56. The highest BCUT2D eigenvalue weighted by atomic mass is 32.2. The van der Waals surface area contributed by atoms with Gasteiger partial charge in [0.1, 0.15) is 42.3 Å². The standard InChI is InChI=1S/C60H68N4O8S/c1-8-51(62-57(68)53(39(3)4)64-59(70)71-38-50-48-34-21-19-32-46(48)47-33-20-22-35-49(47)50)55(66)61-52(9-2)56(67)63-54(40(5)6)58(69)72-45(37-41(7)65)31-23-24-36-73-60(42-25-13-10-14-26-42,43-27-15-11-16-28-43)44-29-17-12-18-30-44/h9-23,25-35,39-40,45,50-51,53-54H,8,24,36-38H2,1-7H3,(H,61,66)(H,62,68)(H,63,67)(H,64,70)/b31-23+,52-9-/t45-,51+,53-,54-/m0/s1. The van der Waals surface area contributed by atoms with Gasteiger partial charge in [0.05, 0.1) is 4.75 Å². The maximum absolute atomic E-state index is 13.8. The van der Waals surface area contributed by atoms with Crippen LogP contribution in [0.2, 0.25) is 0 Å². The Morgan fingerprint density at radius 3 is 1.64 bits per heavy atom. The number of fused-ring (bicyclic) bond motifs is 3. The van der Waals surface area contributed by atoms with E-state index in [0.717, 1.165) is 38.9 Å². The topological polar surface area (TPSA) is 169 Å². The van der Waals surface area contributed by atoms with Gasteiger partial charge in [-0.1, -0.05) is 186 Å². The van der Waals surface area contributed by atoms with Gasteiger partial charge >= 0.3 is 12.1 Å². The molecule has 0 bridgehead atoms. The third-order valence-corrected chi connectivity index (χ3v) is 14.4. The molecule has 0 heterocycles. The Balaban J connectivity index is 1.04. The second kappa shape index (κ2) is 26.4. The van der Waals surface area contributed by atoms with Crippen molar-refractivity contribution in [3.63, 3.8) is 0 Å². The van der Waals surface area contributed by atoms with Crippen LogP contribution in [0.3, 0.4) is 0 Å². The van der Waals surface area contributed by atoms with Gasteiger partial charge in [0, 0.05) is 12.3 Å². The predicted octanol–water partition coefficient (Wildman–Crippen LogP) is 10.2. The molecule has 1 aliphatic rings. The lowest BCUT2D eigenvalue weighted by molar-refractivity contribution is -0.152. The molecule has 5 aromatic carbocycles. The van der Waals surface area contributed by atoms with Crippen molar-refractivity contribution in [1.29, 1.82) is 0 Å². The van der Waals surface area contributed by atoms with Crippen LogP contribution in [0, 0.1) is 11.8 Å². The Morgan fingerprint density at radius 1 is 0.658 bits per heavy atom. The van der Waals surface area contributed by atoms with E-state index in [1.54, 1.807) is 59.4 Å². The van der Waals surface area contributed by atoms with Crippen molar-refractivity contribution in [2.45, 2.75) is 103 Å². The van der Waals surface area contributed by atoms with Crippen LogP contribution < -0.4 is 21.3 Å². The minimum Gasteiger partial charge on any atom is -0.456 e. The number of carbonyl (C=O) groups excluding carboxylic acids is 6. The minimum atomic E-state index is -1.14. The molecule has 1 aliphatic carbocycles. The van der Waals surface area contributed by atoms with E-state index in [1.165, 1.54) is 13.0 Å². The number of rotatable bonds is 24. The van der Waals surface area contributed by atoms with Crippen LogP contribution in [0.15, 0.2) is 163 Å². The quantitative estimate of drug-likeness (QED) is 0.0155. The first-order valence-corrected chi connectivity index (χ1v) is 26.0. The molecule has 4 atom stereocenters. The normalized spacial score (nSPS) is 14.1. The number of esters is 1. The number of thioether (sulfide) groups is 1. The van der Waals surface area contributed by atoms with Gasteiger partial charge in [-0.15, -0.1) is 11.8 Å². The predicted molar refractivity (Wildman–Crippen MR) is 288 cm³/mol. The Hall–Kier alpha value is -7.25. The number of hydrogen-bond acceptors (Lipinski definition) is 9. The van der Waals surface area contributed by atoms with Gasteiger partial charge in [-0.2, -0.15) is 0 Å². The van der Waals surface area contributed by atoms with Gasteiger partial charge in [-0.3, -0.25) is 19.2 Å². The number of carbonyl (C=O) groups is 6. The van der Waals surface area contributed by atoms with Crippen molar-refractivity contribution in [1.82, 2.24) is 21.3 Å². The minimum absolute atomic E-state index is 0.0602. The molecule has 0 aliphatic heterocycles. The molecule has 0 unspecified atom stereocenters. The maximum Gasteiger partial charge on any atom is 0.407 e. The zero-order valence-electron chi connectivity index (χ0n) is 42.8. The van der Waals surface area contributed by atoms with Gasteiger partial charge in [-0.05, 0) is 89.3 Å². The average molecular weight is 1010 g/mol. The highest BCUT2D eigenvalue weighted by Gasteiger charge is 2.37. The van der Waals surface area contributed by atoms with Crippen LogP contribution in [0.4, 0.5) is 4.79 Å². The van der Waals surface area contributed by atoms with Gasteiger partial charge in [0.2, 0.25) is 11.8 Å². The molecule has 6 rings (SSSR count).